The molecule has 6 nitrogen and oxygen atoms in total. The summed E-state index contributed by atoms with van der Waals surface area (Å²) in [4.78, 5) is 39.9. The molecule has 1 saturated heterocycles. The minimum Gasteiger partial charge on any atom is -0.342 e. The van der Waals surface area contributed by atoms with Crippen LogP contribution in [0.4, 0.5) is 0 Å². The lowest BCUT2D eigenvalue weighted by molar-refractivity contribution is -0.141. The largest absolute Gasteiger partial charge is 0.342 e. The van der Waals surface area contributed by atoms with E-state index in [1.54, 1.807) is 14.7 Å². The molecule has 1 aliphatic carbocycles. The number of nitrogens with zero attached hydrogens (tertiary/aromatic N) is 3. The highest BCUT2D eigenvalue weighted by atomic mass is 16.2. The molecule has 0 spiro atoms. The monoisotopic (exact) mass is 321 g/mol. The SMILES string of the molecule is CC(=O)N(CCC1=CCCCC1)CC(=O)N1CCN(C=O)CC1. The van der Waals surface area contributed by atoms with Gasteiger partial charge in [-0.15, -0.1) is 0 Å². The maximum atomic E-state index is 12.4. The third-order valence-corrected chi connectivity index (χ3v) is 4.68. The molecular formula is C17H27N3O3. The number of carbonyl (C=O) groups is 3. The molecule has 0 aromatic heterocycles. The number of amides is 3. The van der Waals surface area contributed by atoms with Crippen molar-refractivity contribution in [1.29, 1.82) is 0 Å². The fourth-order valence-corrected chi connectivity index (χ4v) is 3.10. The molecule has 0 saturated carbocycles. The van der Waals surface area contributed by atoms with Crippen LogP contribution in [0.5, 0.6) is 0 Å². The van der Waals surface area contributed by atoms with E-state index in [1.807, 2.05) is 0 Å². The lowest BCUT2D eigenvalue weighted by atomic mass is 9.97. The van der Waals surface area contributed by atoms with E-state index in [0.29, 0.717) is 32.7 Å². The van der Waals surface area contributed by atoms with Crippen molar-refractivity contribution < 1.29 is 14.4 Å². The molecule has 6 heteroatoms. The highest BCUT2D eigenvalue weighted by Gasteiger charge is 2.23. The van der Waals surface area contributed by atoms with Gasteiger partial charge in [-0.1, -0.05) is 11.6 Å². The Morgan fingerprint density at radius 3 is 2.52 bits per heavy atom. The van der Waals surface area contributed by atoms with Gasteiger partial charge >= 0.3 is 0 Å². The van der Waals surface area contributed by atoms with E-state index in [9.17, 15) is 14.4 Å². The van der Waals surface area contributed by atoms with Gasteiger partial charge in [0.1, 0.15) is 0 Å². The topological polar surface area (TPSA) is 60.9 Å². The number of rotatable bonds is 6. The number of hydrogen-bond donors (Lipinski definition) is 0. The Morgan fingerprint density at radius 1 is 1.22 bits per heavy atom. The fourth-order valence-electron chi connectivity index (χ4n) is 3.10. The standard InChI is InChI=1S/C17H27N3O3/c1-15(22)20(8-7-16-5-3-2-4-6-16)13-17(23)19-11-9-18(14-21)10-12-19/h5,14H,2-4,6-13H2,1H3. The van der Waals surface area contributed by atoms with Gasteiger partial charge in [-0.2, -0.15) is 0 Å². The number of allylic oxidation sites excluding steroid dienone is 1. The quantitative estimate of drug-likeness (QED) is 0.542. The first-order chi connectivity index (χ1) is 11.1. The number of carbonyl (C=O) groups excluding carboxylic acids is 3. The van der Waals surface area contributed by atoms with Crippen LogP contribution >= 0.6 is 0 Å². The summed E-state index contributed by atoms with van der Waals surface area (Å²) in [7, 11) is 0. The van der Waals surface area contributed by atoms with E-state index in [1.165, 1.54) is 25.3 Å². The van der Waals surface area contributed by atoms with E-state index in [2.05, 4.69) is 6.08 Å². The molecule has 0 aromatic carbocycles. The minimum absolute atomic E-state index is 0.0247. The van der Waals surface area contributed by atoms with Gasteiger partial charge in [0.2, 0.25) is 18.2 Å². The first kappa shape index (κ1) is 17.5. The molecule has 0 aromatic rings. The van der Waals surface area contributed by atoms with E-state index < -0.39 is 0 Å². The summed E-state index contributed by atoms with van der Waals surface area (Å²) < 4.78 is 0. The molecule has 2 rings (SSSR count). The predicted molar refractivity (Wildman–Crippen MR) is 87.6 cm³/mol. The minimum atomic E-state index is -0.0544. The van der Waals surface area contributed by atoms with Gasteiger partial charge in [0.25, 0.3) is 0 Å². The van der Waals surface area contributed by atoms with E-state index in [0.717, 1.165) is 25.7 Å². The summed E-state index contributed by atoms with van der Waals surface area (Å²) in [6.07, 6.45) is 8.70. The van der Waals surface area contributed by atoms with Crippen molar-refractivity contribution in [3.8, 4) is 0 Å². The maximum absolute atomic E-state index is 12.4. The van der Waals surface area contributed by atoms with Crippen LogP contribution in [-0.4, -0.2) is 72.2 Å². The van der Waals surface area contributed by atoms with Crippen molar-refractivity contribution in [2.45, 2.75) is 39.0 Å². The van der Waals surface area contributed by atoms with E-state index in [4.69, 9.17) is 0 Å². The molecule has 128 valence electrons. The first-order valence-corrected chi connectivity index (χ1v) is 8.50. The third kappa shape index (κ3) is 5.37. The van der Waals surface area contributed by atoms with Crippen molar-refractivity contribution in [3.63, 3.8) is 0 Å². The average molecular weight is 321 g/mol. The van der Waals surface area contributed by atoms with Crippen LogP contribution in [0.2, 0.25) is 0 Å². The number of piperazine rings is 1. The predicted octanol–water partition coefficient (Wildman–Crippen LogP) is 1.03. The number of hydrogen-bond acceptors (Lipinski definition) is 3. The highest BCUT2D eigenvalue weighted by molar-refractivity contribution is 5.84. The van der Waals surface area contributed by atoms with Crippen molar-refractivity contribution in [2.24, 2.45) is 0 Å². The fraction of sp³-hybridized carbons (Fsp3) is 0.706. The van der Waals surface area contributed by atoms with Gasteiger partial charge in [0.15, 0.2) is 0 Å². The van der Waals surface area contributed by atoms with Crippen LogP contribution in [0.1, 0.15) is 39.0 Å². The molecule has 3 amide bonds. The smallest absolute Gasteiger partial charge is 0.242 e. The molecule has 1 fully saturated rings. The molecule has 0 bridgehead atoms. The zero-order chi connectivity index (χ0) is 16.7. The van der Waals surface area contributed by atoms with Crippen LogP contribution in [0.25, 0.3) is 0 Å². The first-order valence-electron chi connectivity index (χ1n) is 8.50. The summed E-state index contributed by atoms with van der Waals surface area (Å²) in [6.45, 7) is 4.52. The van der Waals surface area contributed by atoms with Crippen LogP contribution < -0.4 is 0 Å². The third-order valence-electron chi connectivity index (χ3n) is 4.68. The highest BCUT2D eigenvalue weighted by Crippen LogP contribution is 2.20. The van der Waals surface area contributed by atoms with Crippen LogP contribution in [0.3, 0.4) is 0 Å². The Hall–Kier alpha value is -1.85. The lowest BCUT2D eigenvalue weighted by Crippen LogP contribution is -2.51. The zero-order valence-corrected chi connectivity index (χ0v) is 14.0. The molecule has 2 aliphatic rings. The Kier molecular flexibility index (Phi) is 6.62. The maximum Gasteiger partial charge on any atom is 0.242 e. The molecular weight excluding hydrogens is 294 g/mol. The summed E-state index contributed by atoms with van der Waals surface area (Å²) in [5.74, 6) is -0.0790. The second-order valence-electron chi connectivity index (χ2n) is 6.32. The van der Waals surface area contributed by atoms with Gasteiger partial charge in [-0.05, 0) is 32.1 Å². The van der Waals surface area contributed by atoms with Crippen molar-refractivity contribution in [2.75, 3.05) is 39.3 Å². The van der Waals surface area contributed by atoms with Crippen molar-refractivity contribution in [1.82, 2.24) is 14.7 Å². The van der Waals surface area contributed by atoms with Crippen molar-refractivity contribution >= 4 is 18.2 Å². The van der Waals surface area contributed by atoms with Gasteiger partial charge in [0.05, 0.1) is 6.54 Å². The van der Waals surface area contributed by atoms with Crippen molar-refractivity contribution in [3.05, 3.63) is 11.6 Å². The Morgan fingerprint density at radius 2 is 1.96 bits per heavy atom. The summed E-state index contributed by atoms with van der Waals surface area (Å²) in [5.41, 5.74) is 1.41. The van der Waals surface area contributed by atoms with Gasteiger partial charge in [-0.3, -0.25) is 14.4 Å². The summed E-state index contributed by atoms with van der Waals surface area (Å²) in [5, 5.41) is 0. The molecule has 23 heavy (non-hydrogen) atoms. The van der Waals surface area contributed by atoms with Gasteiger partial charge < -0.3 is 14.7 Å². The molecule has 1 heterocycles. The molecule has 0 atom stereocenters. The molecule has 0 unspecified atom stereocenters. The van der Waals surface area contributed by atoms with E-state index in [-0.39, 0.29) is 18.4 Å². The lowest BCUT2D eigenvalue weighted by Gasteiger charge is -2.34. The molecule has 0 N–H and O–H groups in total. The summed E-state index contributed by atoms with van der Waals surface area (Å²) >= 11 is 0. The van der Waals surface area contributed by atoms with Crippen LogP contribution in [0.15, 0.2) is 11.6 Å². The normalized spacial score (nSPS) is 18.4. The average Bonchev–Trinajstić information content (AvgIpc) is 2.59. The Balaban J connectivity index is 1.81. The van der Waals surface area contributed by atoms with Gasteiger partial charge in [0, 0.05) is 39.6 Å². The van der Waals surface area contributed by atoms with Gasteiger partial charge in [-0.25, -0.2) is 0 Å². The van der Waals surface area contributed by atoms with Crippen LogP contribution in [-0.2, 0) is 14.4 Å². The Bertz CT molecular complexity index is 468. The second-order valence-corrected chi connectivity index (χ2v) is 6.32. The molecule has 1 aliphatic heterocycles. The molecule has 0 radical (unpaired) electrons. The summed E-state index contributed by atoms with van der Waals surface area (Å²) in [6, 6.07) is 0. The van der Waals surface area contributed by atoms with Crippen LogP contribution in [0, 0.1) is 0 Å². The second kappa shape index (κ2) is 8.70. The zero-order valence-electron chi connectivity index (χ0n) is 14.0. The Labute approximate surface area is 138 Å². The van der Waals surface area contributed by atoms with E-state index >= 15 is 0 Å².